The normalized spacial score (nSPS) is 17.5. The highest BCUT2D eigenvalue weighted by Gasteiger charge is 2.37. The predicted octanol–water partition coefficient (Wildman–Crippen LogP) is 3.89. The van der Waals surface area contributed by atoms with Crippen LogP contribution in [-0.4, -0.2) is 34.5 Å². The molecule has 0 saturated carbocycles. The van der Waals surface area contributed by atoms with Gasteiger partial charge in [-0.2, -0.15) is 0 Å². The molecule has 0 fully saturated rings. The van der Waals surface area contributed by atoms with Gasteiger partial charge in [0.1, 0.15) is 0 Å². The maximum atomic E-state index is 10.9. The van der Waals surface area contributed by atoms with Crippen LogP contribution >= 0.6 is 11.8 Å². The highest BCUT2D eigenvalue weighted by molar-refractivity contribution is 8.00. The number of rotatable bonds is 8. The molecule has 0 unspecified atom stereocenters. The minimum absolute atomic E-state index is 0.0316. The molecule has 5 heteroatoms. The highest BCUT2D eigenvalue weighted by atomic mass is 32.2. The van der Waals surface area contributed by atoms with Crippen molar-refractivity contribution in [3.05, 3.63) is 54.1 Å². The third-order valence-corrected chi connectivity index (χ3v) is 6.31. The Balaban J connectivity index is 1.76. The minimum atomic E-state index is -0.619. The van der Waals surface area contributed by atoms with Crippen LogP contribution in [0.2, 0.25) is 0 Å². The van der Waals surface area contributed by atoms with Crippen LogP contribution in [0.5, 0.6) is 11.5 Å². The summed E-state index contributed by atoms with van der Waals surface area (Å²) >= 11 is 1.67. The lowest BCUT2D eigenvalue weighted by Crippen LogP contribution is -2.42. The summed E-state index contributed by atoms with van der Waals surface area (Å²) in [5.74, 6) is 1.38. The van der Waals surface area contributed by atoms with E-state index in [2.05, 4.69) is 19.1 Å². The van der Waals surface area contributed by atoms with Crippen LogP contribution in [0, 0.1) is 5.92 Å². The molecule has 0 aromatic heterocycles. The summed E-state index contributed by atoms with van der Waals surface area (Å²) < 4.78 is 10.4. The number of hydrogen-bond acceptors (Lipinski definition) is 5. The monoisotopic (exact) mass is 374 g/mol. The van der Waals surface area contributed by atoms with Crippen LogP contribution in [0.3, 0.4) is 0 Å². The molecule has 2 N–H and O–H groups in total. The van der Waals surface area contributed by atoms with Crippen molar-refractivity contribution in [1.29, 1.82) is 0 Å². The zero-order chi connectivity index (χ0) is 18.6. The molecule has 140 valence electrons. The molecule has 0 bridgehead atoms. The number of aliphatic hydroxyl groups is 2. The fourth-order valence-electron chi connectivity index (χ4n) is 3.21. The third-order valence-electron chi connectivity index (χ3n) is 4.89. The Morgan fingerprint density at radius 3 is 2.58 bits per heavy atom. The van der Waals surface area contributed by atoms with Crippen LogP contribution in [0.1, 0.15) is 25.8 Å². The highest BCUT2D eigenvalue weighted by Crippen LogP contribution is 2.42. The third kappa shape index (κ3) is 4.34. The topological polar surface area (TPSA) is 58.9 Å². The number of thioether (sulfide) groups is 1. The first-order chi connectivity index (χ1) is 12.5. The van der Waals surface area contributed by atoms with E-state index in [1.807, 2.05) is 43.3 Å². The predicted molar refractivity (Wildman–Crippen MR) is 104 cm³/mol. The van der Waals surface area contributed by atoms with Gasteiger partial charge in [-0.1, -0.05) is 31.2 Å². The molecule has 2 aromatic carbocycles. The second-order valence-corrected chi connectivity index (χ2v) is 8.63. The number of aliphatic hydroxyl groups excluding tert-OH is 2. The summed E-state index contributed by atoms with van der Waals surface area (Å²) in [6, 6.07) is 16.1. The zero-order valence-electron chi connectivity index (χ0n) is 15.2. The molecule has 0 radical (unpaired) electrons. The molecule has 1 aliphatic rings. The van der Waals surface area contributed by atoms with Crippen molar-refractivity contribution in [3.63, 3.8) is 0 Å². The van der Waals surface area contributed by atoms with Crippen molar-refractivity contribution in [2.24, 2.45) is 5.92 Å². The zero-order valence-corrected chi connectivity index (χ0v) is 16.0. The second kappa shape index (κ2) is 8.33. The Hall–Kier alpha value is -1.69. The SMILES string of the molecule is C[C@@H](CO)[C@H](O)[C@@](C)(CCc1ccc2c(c1)OCO2)Sc1ccccc1. The molecule has 1 heterocycles. The Kier molecular flexibility index (Phi) is 6.12. The Morgan fingerprint density at radius 2 is 1.85 bits per heavy atom. The largest absolute Gasteiger partial charge is 0.454 e. The van der Waals surface area contributed by atoms with Gasteiger partial charge in [0.15, 0.2) is 11.5 Å². The maximum absolute atomic E-state index is 10.9. The average Bonchev–Trinajstić information content (AvgIpc) is 3.13. The lowest BCUT2D eigenvalue weighted by atomic mass is 9.88. The van der Waals surface area contributed by atoms with Crippen LogP contribution in [0.15, 0.2) is 53.4 Å². The van der Waals surface area contributed by atoms with Crippen molar-refractivity contribution in [2.75, 3.05) is 13.4 Å². The van der Waals surface area contributed by atoms with Crippen molar-refractivity contribution in [3.8, 4) is 11.5 Å². The Morgan fingerprint density at radius 1 is 1.12 bits per heavy atom. The van der Waals surface area contributed by atoms with Crippen molar-refractivity contribution in [1.82, 2.24) is 0 Å². The summed E-state index contributed by atoms with van der Waals surface area (Å²) in [6.45, 7) is 4.20. The van der Waals surface area contributed by atoms with E-state index < -0.39 is 10.9 Å². The first-order valence-corrected chi connectivity index (χ1v) is 9.75. The lowest BCUT2D eigenvalue weighted by Gasteiger charge is -2.37. The van der Waals surface area contributed by atoms with Crippen molar-refractivity contribution < 1.29 is 19.7 Å². The molecule has 0 aliphatic carbocycles. The van der Waals surface area contributed by atoms with Crippen LogP contribution in [0.4, 0.5) is 0 Å². The van der Waals surface area contributed by atoms with Crippen LogP contribution in [-0.2, 0) is 6.42 Å². The molecule has 1 aliphatic heterocycles. The number of fused-ring (bicyclic) bond motifs is 1. The van der Waals surface area contributed by atoms with Gasteiger partial charge < -0.3 is 19.7 Å². The smallest absolute Gasteiger partial charge is 0.231 e. The van der Waals surface area contributed by atoms with Gasteiger partial charge in [-0.25, -0.2) is 0 Å². The first kappa shape index (κ1) is 19.1. The number of benzene rings is 2. The molecule has 0 saturated heterocycles. The average molecular weight is 375 g/mol. The summed E-state index contributed by atoms with van der Waals surface area (Å²) in [7, 11) is 0. The van der Waals surface area contributed by atoms with Crippen LogP contribution < -0.4 is 9.47 Å². The van der Waals surface area contributed by atoms with Gasteiger partial charge in [0, 0.05) is 22.2 Å². The van der Waals surface area contributed by atoms with Crippen LogP contribution in [0.25, 0.3) is 0 Å². The van der Waals surface area contributed by atoms with Gasteiger partial charge in [-0.3, -0.25) is 0 Å². The number of aryl methyl sites for hydroxylation is 1. The standard InChI is InChI=1S/C21H26O4S/c1-15(13-22)20(23)21(2,26-17-6-4-3-5-7-17)11-10-16-8-9-18-19(12-16)25-14-24-18/h3-9,12,15,20,22-23H,10-11,13-14H2,1-2H3/t15-,20-,21+/m0/s1. The van der Waals surface area contributed by atoms with E-state index in [0.717, 1.165) is 34.8 Å². The fourth-order valence-corrected chi connectivity index (χ4v) is 4.60. The van der Waals surface area contributed by atoms with Gasteiger partial charge in [0.05, 0.1) is 6.10 Å². The van der Waals surface area contributed by atoms with Crippen molar-refractivity contribution >= 4 is 11.8 Å². The first-order valence-electron chi connectivity index (χ1n) is 8.93. The molecule has 2 aromatic rings. The second-order valence-electron chi connectivity index (χ2n) is 7.02. The van der Waals surface area contributed by atoms with E-state index in [9.17, 15) is 10.2 Å². The Bertz CT molecular complexity index is 721. The molecule has 3 atom stereocenters. The lowest BCUT2D eigenvalue weighted by molar-refractivity contribution is 0.0477. The van der Waals surface area contributed by atoms with E-state index in [4.69, 9.17) is 9.47 Å². The molecular formula is C21H26O4S. The van der Waals surface area contributed by atoms with E-state index >= 15 is 0 Å². The van der Waals surface area contributed by atoms with Gasteiger partial charge in [0.2, 0.25) is 6.79 Å². The van der Waals surface area contributed by atoms with E-state index in [1.54, 1.807) is 11.8 Å². The van der Waals surface area contributed by atoms with E-state index in [1.165, 1.54) is 0 Å². The van der Waals surface area contributed by atoms with Gasteiger partial charge >= 0.3 is 0 Å². The quantitative estimate of drug-likeness (QED) is 0.687. The number of hydrogen-bond donors (Lipinski definition) is 2. The summed E-state index contributed by atoms with van der Waals surface area (Å²) in [6.07, 6.45) is 0.964. The molecular weight excluding hydrogens is 348 g/mol. The number of ether oxygens (including phenoxy) is 2. The molecule has 0 amide bonds. The summed E-state index contributed by atoms with van der Waals surface area (Å²) in [5, 5.41) is 20.4. The minimum Gasteiger partial charge on any atom is -0.454 e. The maximum Gasteiger partial charge on any atom is 0.231 e. The summed E-state index contributed by atoms with van der Waals surface area (Å²) in [5.41, 5.74) is 1.15. The van der Waals surface area contributed by atoms with Crippen molar-refractivity contribution in [2.45, 2.75) is 42.4 Å². The van der Waals surface area contributed by atoms with E-state index in [-0.39, 0.29) is 19.3 Å². The Labute approximate surface area is 159 Å². The molecule has 0 spiro atoms. The fraction of sp³-hybridized carbons (Fsp3) is 0.429. The van der Waals surface area contributed by atoms with E-state index in [0.29, 0.717) is 0 Å². The summed E-state index contributed by atoms with van der Waals surface area (Å²) in [4.78, 5) is 1.12. The molecule has 3 rings (SSSR count). The van der Waals surface area contributed by atoms with Gasteiger partial charge in [-0.05, 0) is 49.6 Å². The molecule has 26 heavy (non-hydrogen) atoms. The van der Waals surface area contributed by atoms with Gasteiger partial charge in [-0.15, -0.1) is 11.8 Å². The van der Waals surface area contributed by atoms with Gasteiger partial charge in [0.25, 0.3) is 0 Å². The molecule has 4 nitrogen and oxygen atoms in total.